The first-order valence-electron chi connectivity index (χ1n) is 9.99. The maximum atomic E-state index is 12.9. The van der Waals surface area contributed by atoms with Crippen LogP contribution in [0.4, 0.5) is 0 Å². The lowest BCUT2D eigenvalue weighted by atomic mass is 9.86. The van der Waals surface area contributed by atoms with E-state index >= 15 is 0 Å². The first-order valence-corrected chi connectivity index (χ1v) is 10.9. The second-order valence-electron chi connectivity index (χ2n) is 7.79. The second kappa shape index (κ2) is 9.17. The molecule has 0 unspecified atom stereocenters. The molecule has 3 heterocycles. The highest BCUT2D eigenvalue weighted by Crippen LogP contribution is 2.28. The maximum Gasteiger partial charge on any atom is 0.303 e. The molecule has 1 amide bonds. The molecule has 0 bridgehead atoms. The van der Waals surface area contributed by atoms with E-state index in [1.807, 2.05) is 16.3 Å². The van der Waals surface area contributed by atoms with Crippen LogP contribution in [0.5, 0.6) is 0 Å². The van der Waals surface area contributed by atoms with Crippen LogP contribution in [0.3, 0.4) is 0 Å². The number of hydrogen-bond donors (Lipinski definition) is 1. The highest BCUT2D eigenvalue weighted by atomic mass is 32.1. The number of thiophene rings is 1. The Hall–Kier alpha value is -1.44. The minimum atomic E-state index is -0.749. The number of carboxylic acid groups (broad SMARTS) is 1. The first kappa shape index (κ1) is 20.3. The number of amides is 1. The van der Waals surface area contributed by atoms with Crippen molar-refractivity contribution in [3.8, 4) is 0 Å². The summed E-state index contributed by atoms with van der Waals surface area (Å²) in [5, 5.41) is 11.1. The number of carbonyl (C=O) groups is 2. The van der Waals surface area contributed by atoms with Gasteiger partial charge in [-0.05, 0) is 38.3 Å². The van der Waals surface area contributed by atoms with Crippen LogP contribution < -0.4 is 0 Å². The van der Waals surface area contributed by atoms with Gasteiger partial charge >= 0.3 is 5.97 Å². The summed E-state index contributed by atoms with van der Waals surface area (Å²) >= 11 is 1.64. The zero-order valence-electron chi connectivity index (χ0n) is 16.4. The molecule has 1 aromatic rings. The largest absolute Gasteiger partial charge is 0.481 e. The van der Waals surface area contributed by atoms with Gasteiger partial charge in [-0.1, -0.05) is 6.92 Å². The second-order valence-corrected chi connectivity index (χ2v) is 8.79. The number of nitrogens with zero attached hydrogens (tertiary/aromatic N) is 3. The molecule has 0 saturated carbocycles. The Balaban J connectivity index is 1.68. The molecule has 2 fully saturated rings. The quantitative estimate of drug-likeness (QED) is 0.803. The Labute approximate surface area is 165 Å². The molecule has 27 heavy (non-hydrogen) atoms. The van der Waals surface area contributed by atoms with Gasteiger partial charge in [0, 0.05) is 62.0 Å². The minimum Gasteiger partial charge on any atom is -0.481 e. The number of likely N-dealkylation sites (N-methyl/N-ethyl adjacent to an activating group) is 1. The van der Waals surface area contributed by atoms with E-state index in [2.05, 4.69) is 23.8 Å². The van der Waals surface area contributed by atoms with Gasteiger partial charge in [0.05, 0.1) is 5.56 Å². The van der Waals surface area contributed by atoms with E-state index in [1.165, 1.54) is 4.88 Å². The van der Waals surface area contributed by atoms with Crippen LogP contribution in [0.25, 0.3) is 0 Å². The van der Waals surface area contributed by atoms with Crippen LogP contribution in [-0.4, -0.2) is 84.0 Å². The van der Waals surface area contributed by atoms with Crippen molar-refractivity contribution in [3.05, 3.63) is 21.9 Å². The summed E-state index contributed by atoms with van der Waals surface area (Å²) in [6.07, 6.45) is 2.70. The summed E-state index contributed by atoms with van der Waals surface area (Å²) in [4.78, 5) is 32.1. The van der Waals surface area contributed by atoms with Crippen LogP contribution in [0.15, 0.2) is 11.4 Å². The molecular formula is C20H31N3O3S. The molecule has 0 aliphatic carbocycles. The topological polar surface area (TPSA) is 64.1 Å². The van der Waals surface area contributed by atoms with Gasteiger partial charge in [0.25, 0.3) is 5.91 Å². The minimum absolute atomic E-state index is 0.100. The van der Waals surface area contributed by atoms with Crippen molar-refractivity contribution < 1.29 is 14.7 Å². The molecule has 1 N–H and O–H groups in total. The van der Waals surface area contributed by atoms with Gasteiger partial charge in [-0.25, -0.2) is 0 Å². The molecule has 150 valence electrons. The van der Waals surface area contributed by atoms with Crippen LogP contribution in [0.2, 0.25) is 0 Å². The Morgan fingerprint density at radius 2 is 1.96 bits per heavy atom. The van der Waals surface area contributed by atoms with E-state index in [-0.39, 0.29) is 18.2 Å². The third-order valence-electron chi connectivity index (χ3n) is 5.97. The zero-order chi connectivity index (χ0) is 19.4. The predicted octanol–water partition coefficient (Wildman–Crippen LogP) is 2.25. The zero-order valence-corrected chi connectivity index (χ0v) is 17.2. The lowest BCUT2D eigenvalue weighted by Gasteiger charge is -2.46. The SMILES string of the molecule is CCc1cc(C(=O)N2CC[C@H](N3CCN(C)CC3)[C@H](CCC(=O)O)C2)cs1. The Bertz CT molecular complexity index is 655. The Morgan fingerprint density at radius 3 is 2.59 bits per heavy atom. The Morgan fingerprint density at radius 1 is 1.22 bits per heavy atom. The van der Waals surface area contributed by atoms with Gasteiger partial charge in [-0.15, -0.1) is 11.3 Å². The van der Waals surface area contributed by atoms with Gasteiger partial charge in [0.2, 0.25) is 0 Å². The number of carboxylic acids is 1. The number of hydrogen-bond acceptors (Lipinski definition) is 5. The van der Waals surface area contributed by atoms with Gasteiger partial charge in [0.15, 0.2) is 0 Å². The molecule has 0 spiro atoms. The van der Waals surface area contributed by atoms with Crippen LogP contribution in [0.1, 0.15) is 41.4 Å². The average molecular weight is 394 g/mol. The first-order chi connectivity index (χ1) is 13.0. The summed E-state index contributed by atoms with van der Waals surface area (Å²) in [5.74, 6) is -0.421. The van der Waals surface area contributed by atoms with Crippen LogP contribution in [-0.2, 0) is 11.2 Å². The van der Waals surface area contributed by atoms with Crippen LogP contribution in [0, 0.1) is 5.92 Å². The number of aryl methyl sites for hydroxylation is 1. The fourth-order valence-electron chi connectivity index (χ4n) is 4.29. The van der Waals surface area contributed by atoms with E-state index in [0.717, 1.165) is 51.1 Å². The van der Waals surface area contributed by atoms with Crippen molar-refractivity contribution in [2.24, 2.45) is 5.92 Å². The summed E-state index contributed by atoms with van der Waals surface area (Å²) in [5.41, 5.74) is 0.784. The summed E-state index contributed by atoms with van der Waals surface area (Å²) in [6.45, 7) is 7.70. The molecule has 6 nitrogen and oxygen atoms in total. The van der Waals surface area contributed by atoms with E-state index < -0.39 is 5.97 Å². The molecule has 2 saturated heterocycles. The van der Waals surface area contributed by atoms with E-state index in [9.17, 15) is 9.59 Å². The molecule has 0 aromatic carbocycles. The number of likely N-dealkylation sites (tertiary alicyclic amines) is 1. The van der Waals surface area contributed by atoms with Gasteiger partial charge in [-0.3, -0.25) is 14.5 Å². The molecule has 3 rings (SSSR count). The third kappa shape index (κ3) is 5.09. The molecule has 2 aliphatic rings. The fraction of sp³-hybridized carbons (Fsp3) is 0.700. The molecule has 1 aromatic heterocycles. The number of aliphatic carboxylic acids is 1. The van der Waals surface area contributed by atoms with Crippen LogP contribution >= 0.6 is 11.3 Å². The standard InChI is InChI=1S/C20H31N3O3S/c1-3-17-12-16(14-27-17)20(26)23-7-6-18(15(13-23)4-5-19(24)25)22-10-8-21(2)9-11-22/h12,14-15,18H,3-11,13H2,1-2H3,(H,24,25)/t15-,18+/m1/s1. The van der Waals surface area contributed by atoms with Gasteiger partial charge in [-0.2, -0.15) is 0 Å². The van der Waals surface area contributed by atoms with E-state index in [0.29, 0.717) is 19.0 Å². The van der Waals surface area contributed by atoms with Crippen molar-refractivity contribution in [1.29, 1.82) is 0 Å². The number of rotatable bonds is 6. The van der Waals surface area contributed by atoms with Crippen molar-refractivity contribution in [2.75, 3.05) is 46.3 Å². The van der Waals surface area contributed by atoms with E-state index in [1.54, 1.807) is 11.3 Å². The maximum absolute atomic E-state index is 12.9. The van der Waals surface area contributed by atoms with Gasteiger partial charge in [0.1, 0.15) is 0 Å². The predicted molar refractivity (Wildman–Crippen MR) is 107 cm³/mol. The van der Waals surface area contributed by atoms with Crippen molar-refractivity contribution >= 4 is 23.2 Å². The molecule has 2 aliphatic heterocycles. The summed E-state index contributed by atoms with van der Waals surface area (Å²) in [7, 11) is 2.14. The molecule has 0 radical (unpaired) electrons. The highest BCUT2D eigenvalue weighted by molar-refractivity contribution is 7.10. The smallest absolute Gasteiger partial charge is 0.303 e. The number of carbonyl (C=O) groups excluding carboxylic acids is 1. The van der Waals surface area contributed by atoms with Crippen molar-refractivity contribution in [3.63, 3.8) is 0 Å². The van der Waals surface area contributed by atoms with Gasteiger partial charge < -0.3 is 14.9 Å². The monoisotopic (exact) mass is 393 g/mol. The highest BCUT2D eigenvalue weighted by Gasteiger charge is 2.36. The summed E-state index contributed by atoms with van der Waals surface area (Å²) in [6, 6.07) is 2.39. The molecule has 7 heteroatoms. The molecular weight excluding hydrogens is 362 g/mol. The lowest BCUT2D eigenvalue weighted by Crippen LogP contribution is -2.57. The fourth-order valence-corrected chi connectivity index (χ4v) is 5.10. The lowest BCUT2D eigenvalue weighted by molar-refractivity contribution is -0.137. The third-order valence-corrected chi connectivity index (χ3v) is 7.05. The van der Waals surface area contributed by atoms with Crippen molar-refractivity contribution in [1.82, 2.24) is 14.7 Å². The number of piperazine rings is 1. The average Bonchev–Trinajstić information content (AvgIpc) is 3.15. The Kier molecular flexibility index (Phi) is 6.89. The summed E-state index contributed by atoms with van der Waals surface area (Å²) < 4.78 is 0. The normalized spacial score (nSPS) is 24.9. The molecule has 2 atom stereocenters. The van der Waals surface area contributed by atoms with Crippen molar-refractivity contribution in [2.45, 2.75) is 38.6 Å². The van der Waals surface area contributed by atoms with E-state index in [4.69, 9.17) is 5.11 Å². The number of piperidine rings is 1.